The van der Waals surface area contributed by atoms with Crippen LogP contribution in [0.5, 0.6) is 0 Å². The molecule has 1 unspecified atom stereocenters. The average Bonchev–Trinajstić information content (AvgIpc) is 2.21. The maximum Gasteiger partial charge on any atom is 0.0406 e. The van der Waals surface area contributed by atoms with E-state index in [4.69, 9.17) is 11.6 Å². The van der Waals surface area contributed by atoms with Crippen LogP contribution in [-0.4, -0.2) is 4.83 Å². The Morgan fingerprint density at radius 3 is 2.50 bits per heavy atom. The van der Waals surface area contributed by atoms with Crippen molar-refractivity contribution in [3.63, 3.8) is 0 Å². The van der Waals surface area contributed by atoms with Gasteiger partial charge in [-0.05, 0) is 43.4 Å². The van der Waals surface area contributed by atoms with Crippen molar-refractivity contribution in [3.05, 3.63) is 34.9 Å². The summed E-state index contributed by atoms with van der Waals surface area (Å²) in [5, 5.41) is 0.820. The molecule has 1 aromatic rings. The zero-order valence-electron chi connectivity index (χ0n) is 8.47. The zero-order chi connectivity index (χ0) is 10.4. The number of alkyl halides is 1. The van der Waals surface area contributed by atoms with E-state index in [0.29, 0.717) is 4.83 Å². The van der Waals surface area contributed by atoms with Gasteiger partial charge in [0.05, 0.1) is 0 Å². The first-order chi connectivity index (χ1) is 6.72. The van der Waals surface area contributed by atoms with Gasteiger partial charge in [-0.2, -0.15) is 0 Å². The molecule has 2 heteroatoms. The highest BCUT2D eigenvalue weighted by Crippen LogP contribution is 2.15. The van der Waals surface area contributed by atoms with Gasteiger partial charge >= 0.3 is 0 Å². The van der Waals surface area contributed by atoms with Gasteiger partial charge in [-0.15, -0.1) is 0 Å². The maximum atomic E-state index is 5.81. The van der Waals surface area contributed by atoms with Gasteiger partial charge in [0.25, 0.3) is 0 Å². The average molecular weight is 276 g/mol. The highest BCUT2D eigenvalue weighted by molar-refractivity contribution is 9.09. The number of halogens is 2. The predicted molar refractivity (Wildman–Crippen MR) is 67.4 cm³/mol. The van der Waals surface area contributed by atoms with Crippen LogP contribution in [-0.2, 0) is 6.42 Å². The molecule has 0 amide bonds. The molecule has 0 aliphatic carbocycles. The van der Waals surface area contributed by atoms with E-state index in [1.54, 1.807) is 0 Å². The minimum absolute atomic E-state index is 0.676. The summed E-state index contributed by atoms with van der Waals surface area (Å²) in [4.78, 5) is 0.676. The number of benzene rings is 1. The van der Waals surface area contributed by atoms with E-state index in [1.165, 1.54) is 24.8 Å². The van der Waals surface area contributed by atoms with Crippen molar-refractivity contribution in [3.8, 4) is 0 Å². The molecular weight excluding hydrogens is 259 g/mol. The summed E-state index contributed by atoms with van der Waals surface area (Å²) in [5.74, 6) is 0. The Morgan fingerprint density at radius 2 is 1.93 bits per heavy atom. The Labute approximate surface area is 99.8 Å². The van der Waals surface area contributed by atoms with Gasteiger partial charge < -0.3 is 0 Å². The van der Waals surface area contributed by atoms with Gasteiger partial charge in [0, 0.05) is 9.85 Å². The second-order valence-corrected chi connectivity index (χ2v) is 5.26. The van der Waals surface area contributed by atoms with E-state index in [1.807, 2.05) is 12.1 Å². The monoisotopic (exact) mass is 274 g/mol. The molecule has 1 rings (SSSR count). The lowest BCUT2D eigenvalue weighted by Gasteiger charge is -2.06. The molecule has 1 aromatic carbocycles. The molecule has 14 heavy (non-hydrogen) atoms. The van der Waals surface area contributed by atoms with E-state index in [-0.39, 0.29) is 0 Å². The van der Waals surface area contributed by atoms with E-state index in [9.17, 15) is 0 Å². The third-order valence-corrected chi connectivity index (χ3v) is 3.70. The first kappa shape index (κ1) is 12.1. The first-order valence-electron chi connectivity index (χ1n) is 5.11. The Bertz CT molecular complexity index is 256. The second-order valence-electron chi connectivity index (χ2n) is 3.52. The molecule has 1 atom stereocenters. The van der Waals surface area contributed by atoms with E-state index < -0.39 is 0 Å². The molecule has 0 nitrogen and oxygen atoms in total. The first-order valence-corrected chi connectivity index (χ1v) is 6.40. The topological polar surface area (TPSA) is 0 Å². The summed E-state index contributed by atoms with van der Waals surface area (Å²) < 4.78 is 0. The Hall–Kier alpha value is -0.0100. The van der Waals surface area contributed by atoms with Crippen LogP contribution < -0.4 is 0 Å². The minimum Gasteiger partial charge on any atom is -0.0891 e. The van der Waals surface area contributed by atoms with Gasteiger partial charge in [0.15, 0.2) is 0 Å². The highest BCUT2D eigenvalue weighted by atomic mass is 79.9. The lowest BCUT2D eigenvalue weighted by molar-refractivity contribution is 0.690. The van der Waals surface area contributed by atoms with Crippen LogP contribution in [0.4, 0.5) is 0 Å². The van der Waals surface area contributed by atoms with Crippen LogP contribution in [0.3, 0.4) is 0 Å². The van der Waals surface area contributed by atoms with Crippen LogP contribution >= 0.6 is 27.5 Å². The van der Waals surface area contributed by atoms with Crippen LogP contribution in [0.15, 0.2) is 24.3 Å². The molecule has 0 radical (unpaired) electrons. The van der Waals surface area contributed by atoms with Crippen molar-refractivity contribution in [1.29, 1.82) is 0 Å². The van der Waals surface area contributed by atoms with Crippen LogP contribution in [0.2, 0.25) is 5.02 Å². The van der Waals surface area contributed by atoms with Gasteiger partial charge in [0.2, 0.25) is 0 Å². The quantitative estimate of drug-likeness (QED) is 0.675. The number of rotatable bonds is 5. The molecule has 0 aliphatic heterocycles. The lowest BCUT2D eigenvalue weighted by atomic mass is 10.1. The summed E-state index contributed by atoms with van der Waals surface area (Å²) in [6.45, 7) is 2.21. The molecular formula is C12H16BrCl. The van der Waals surface area contributed by atoms with Crippen molar-refractivity contribution < 1.29 is 0 Å². The summed E-state index contributed by atoms with van der Waals surface area (Å²) >= 11 is 9.45. The molecule has 0 aliphatic rings. The minimum atomic E-state index is 0.676. The van der Waals surface area contributed by atoms with Crippen LogP contribution in [0, 0.1) is 0 Å². The fourth-order valence-electron chi connectivity index (χ4n) is 1.38. The number of aryl methyl sites for hydroxylation is 1. The van der Waals surface area contributed by atoms with Crippen molar-refractivity contribution in [1.82, 2.24) is 0 Å². The van der Waals surface area contributed by atoms with Crippen LogP contribution in [0.1, 0.15) is 31.7 Å². The molecule has 0 bridgehead atoms. The fourth-order valence-corrected chi connectivity index (χ4v) is 1.83. The van der Waals surface area contributed by atoms with Crippen molar-refractivity contribution >= 4 is 27.5 Å². The Morgan fingerprint density at radius 1 is 1.29 bits per heavy atom. The van der Waals surface area contributed by atoms with Gasteiger partial charge in [0.1, 0.15) is 0 Å². The molecule has 0 spiro atoms. The smallest absolute Gasteiger partial charge is 0.0406 e. The normalized spacial score (nSPS) is 12.8. The molecule has 0 aromatic heterocycles. The van der Waals surface area contributed by atoms with Crippen molar-refractivity contribution in [2.24, 2.45) is 0 Å². The fraction of sp³-hybridized carbons (Fsp3) is 0.500. The van der Waals surface area contributed by atoms with Gasteiger partial charge in [-0.1, -0.05) is 46.6 Å². The molecule has 78 valence electrons. The predicted octanol–water partition coefficient (Wildman–Crippen LogP) is 4.84. The van der Waals surface area contributed by atoms with Gasteiger partial charge in [-0.25, -0.2) is 0 Å². The Kier molecular flexibility index (Phi) is 5.57. The highest BCUT2D eigenvalue weighted by Gasteiger charge is 2.00. The summed E-state index contributed by atoms with van der Waals surface area (Å²) in [6, 6.07) is 8.14. The zero-order valence-corrected chi connectivity index (χ0v) is 10.8. The van der Waals surface area contributed by atoms with E-state index >= 15 is 0 Å². The summed E-state index contributed by atoms with van der Waals surface area (Å²) in [6.07, 6.45) is 4.85. The van der Waals surface area contributed by atoms with Gasteiger partial charge in [-0.3, -0.25) is 0 Å². The molecule has 0 N–H and O–H groups in total. The standard InChI is InChI=1S/C12H16BrCl/c1-2-11(13)5-3-4-10-6-8-12(14)9-7-10/h6-9,11H,2-5H2,1H3. The van der Waals surface area contributed by atoms with Crippen molar-refractivity contribution in [2.45, 2.75) is 37.4 Å². The third-order valence-electron chi connectivity index (χ3n) is 2.34. The maximum absolute atomic E-state index is 5.81. The van der Waals surface area contributed by atoms with E-state index in [2.05, 4.69) is 35.0 Å². The third kappa shape index (κ3) is 4.47. The van der Waals surface area contributed by atoms with Crippen LogP contribution in [0.25, 0.3) is 0 Å². The largest absolute Gasteiger partial charge is 0.0891 e. The summed E-state index contributed by atoms with van der Waals surface area (Å²) in [5.41, 5.74) is 1.38. The van der Waals surface area contributed by atoms with E-state index in [0.717, 1.165) is 11.4 Å². The SMILES string of the molecule is CCC(Br)CCCc1ccc(Cl)cc1. The van der Waals surface area contributed by atoms with Crippen molar-refractivity contribution in [2.75, 3.05) is 0 Å². The number of hydrogen-bond acceptors (Lipinski definition) is 0. The molecule has 0 heterocycles. The molecule has 0 saturated carbocycles. The second kappa shape index (κ2) is 6.47. The number of hydrogen-bond donors (Lipinski definition) is 0. The Balaban J connectivity index is 2.28. The lowest BCUT2D eigenvalue weighted by Crippen LogP contribution is -1.96. The molecule has 0 fully saturated rings. The molecule has 0 saturated heterocycles. The summed E-state index contributed by atoms with van der Waals surface area (Å²) in [7, 11) is 0.